The first-order chi connectivity index (χ1) is 19.3. The first-order valence-corrected chi connectivity index (χ1v) is 14.5. The molecule has 2 aliphatic rings. The molecule has 4 rings (SSSR count). The molecule has 2 fully saturated rings. The van der Waals surface area contributed by atoms with Crippen molar-refractivity contribution in [1.82, 2.24) is 9.80 Å². The number of piperidine rings is 1. The molecule has 0 bridgehead atoms. The lowest BCUT2D eigenvalue weighted by Crippen LogP contribution is -2.41. The van der Waals surface area contributed by atoms with Gasteiger partial charge in [0.1, 0.15) is 11.8 Å². The van der Waals surface area contributed by atoms with Gasteiger partial charge >= 0.3 is 0 Å². The maximum Gasteiger partial charge on any atom is 0.256 e. The van der Waals surface area contributed by atoms with Gasteiger partial charge in [-0.15, -0.1) is 0 Å². The molecule has 2 aliphatic heterocycles. The molecule has 2 saturated heterocycles. The number of benzene rings is 2. The van der Waals surface area contributed by atoms with Crippen LogP contribution in [0.2, 0.25) is 5.02 Å². The first kappa shape index (κ1) is 29.8. The maximum absolute atomic E-state index is 13.6. The van der Waals surface area contributed by atoms with Gasteiger partial charge in [0, 0.05) is 23.2 Å². The van der Waals surface area contributed by atoms with E-state index in [0.29, 0.717) is 34.7 Å². The molecule has 0 saturated carbocycles. The smallest absolute Gasteiger partial charge is 0.256 e. The maximum atomic E-state index is 13.6. The van der Waals surface area contributed by atoms with Crippen molar-refractivity contribution in [2.75, 3.05) is 43.0 Å². The van der Waals surface area contributed by atoms with Crippen LogP contribution in [0.3, 0.4) is 0 Å². The molecule has 2 aromatic carbocycles. The standard InChI is InChI=1S/C29H36ClN5O4S/c1-2-17-39-24-9-7-22(8-10-24)32-26(36)19-25-28(38)35(23-6-3-5-21(30)18-23)29(40)34(25)14-4-13-33-15-11-20(12-16-33)27(31)37/h3,5-10,18,20,25H,2,4,11-17,19H2,1H3,(H2,31,37)(H,32,36)/t25-/m1/s1. The molecule has 0 unspecified atom stereocenters. The van der Waals surface area contributed by atoms with E-state index in [1.807, 2.05) is 11.8 Å². The number of hydrogen-bond acceptors (Lipinski definition) is 6. The summed E-state index contributed by atoms with van der Waals surface area (Å²) in [6.45, 7) is 5.58. The number of nitrogens with two attached hydrogens (primary N) is 1. The normalized spacial score (nSPS) is 18.3. The van der Waals surface area contributed by atoms with Crippen molar-refractivity contribution in [3.63, 3.8) is 0 Å². The van der Waals surface area contributed by atoms with Crippen molar-refractivity contribution in [2.24, 2.45) is 11.7 Å². The van der Waals surface area contributed by atoms with Gasteiger partial charge in [-0.3, -0.25) is 19.3 Å². The average molecular weight is 586 g/mol. The summed E-state index contributed by atoms with van der Waals surface area (Å²) in [5.41, 5.74) is 6.66. The van der Waals surface area contributed by atoms with E-state index in [9.17, 15) is 14.4 Å². The van der Waals surface area contributed by atoms with Crippen LogP contribution in [-0.2, 0) is 14.4 Å². The van der Waals surface area contributed by atoms with E-state index in [0.717, 1.165) is 51.1 Å². The minimum atomic E-state index is -0.737. The quantitative estimate of drug-likeness (QED) is 0.362. The van der Waals surface area contributed by atoms with Gasteiger partial charge < -0.3 is 25.6 Å². The molecule has 0 spiro atoms. The number of nitrogens with one attached hydrogen (secondary N) is 1. The molecular weight excluding hydrogens is 550 g/mol. The number of hydrogen-bond donors (Lipinski definition) is 2. The number of anilines is 2. The monoisotopic (exact) mass is 585 g/mol. The molecule has 0 radical (unpaired) electrons. The summed E-state index contributed by atoms with van der Waals surface area (Å²) in [5.74, 6) is -0.0981. The lowest BCUT2D eigenvalue weighted by molar-refractivity contribution is -0.124. The summed E-state index contributed by atoms with van der Waals surface area (Å²) >= 11 is 12.0. The lowest BCUT2D eigenvalue weighted by atomic mass is 9.96. The van der Waals surface area contributed by atoms with Crippen molar-refractivity contribution in [3.8, 4) is 5.75 Å². The summed E-state index contributed by atoms with van der Waals surface area (Å²) in [5, 5.41) is 3.74. The van der Waals surface area contributed by atoms with Gasteiger partial charge in [-0.2, -0.15) is 0 Å². The Morgan fingerprint density at radius 3 is 2.50 bits per heavy atom. The highest BCUT2D eigenvalue weighted by Crippen LogP contribution is 2.29. The van der Waals surface area contributed by atoms with Crippen LogP contribution in [-0.4, -0.2) is 71.5 Å². The van der Waals surface area contributed by atoms with Gasteiger partial charge in [-0.25, -0.2) is 0 Å². The number of carbonyl (C=O) groups is 3. The van der Waals surface area contributed by atoms with E-state index in [2.05, 4.69) is 10.2 Å². The zero-order valence-electron chi connectivity index (χ0n) is 22.7. The molecule has 3 amide bonds. The molecule has 2 aromatic rings. The van der Waals surface area contributed by atoms with E-state index in [4.69, 9.17) is 34.3 Å². The fourth-order valence-corrected chi connectivity index (χ4v) is 5.69. The molecule has 0 aromatic heterocycles. The number of carbonyl (C=O) groups excluding carboxylic acids is 3. The molecule has 0 aliphatic carbocycles. The molecule has 9 nitrogen and oxygen atoms in total. The van der Waals surface area contributed by atoms with Gasteiger partial charge in [-0.1, -0.05) is 24.6 Å². The number of ether oxygens (including phenoxy) is 1. The zero-order valence-corrected chi connectivity index (χ0v) is 24.3. The average Bonchev–Trinajstić information content (AvgIpc) is 3.16. The van der Waals surface area contributed by atoms with Gasteiger partial charge in [0.25, 0.3) is 5.91 Å². The Bertz CT molecular complexity index is 1220. The first-order valence-electron chi connectivity index (χ1n) is 13.7. The number of amides is 3. The van der Waals surface area contributed by atoms with Crippen LogP contribution in [0, 0.1) is 5.92 Å². The number of likely N-dealkylation sites (tertiary alicyclic amines) is 1. The second-order valence-electron chi connectivity index (χ2n) is 10.1. The second kappa shape index (κ2) is 13.9. The summed E-state index contributed by atoms with van der Waals surface area (Å²) in [6.07, 6.45) is 3.12. The van der Waals surface area contributed by atoms with Crippen molar-refractivity contribution in [3.05, 3.63) is 53.6 Å². The Hall–Kier alpha value is -3.21. The number of thiocarbonyl (C=S) groups is 1. The van der Waals surface area contributed by atoms with Crippen LogP contribution in [0.15, 0.2) is 48.5 Å². The Labute approximate surface area is 245 Å². The molecular formula is C29H36ClN5O4S. The zero-order chi connectivity index (χ0) is 28.6. The fraction of sp³-hybridized carbons (Fsp3) is 0.448. The Kier molecular flexibility index (Phi) is 10.4. The summed E-state index contributed by atoms with van der Waals surface area (Å²) in [6, 6.07) is 13.4. The van der Waals surface area contributed by atoms with Gasteiger partial charge in [-0.05, 0) is 100.0 Å². The van der Waals surface area contributed by atoms with Crippen molar-refractivity contribution >= 4 is 58.0 Å². The third-order valence-electron chi connectivity index (χ3n) is 7.24. The van der Waals surface area contributed by atoms with Crippen LogP contribution in [0.5, 0.6) is 5.75 Å². The third kappa shape index (κ3) is 7.50. The Morgan fingerprint density at radius 1 is 1.12 bits per heavy atom. The largest absolute Gasteiger partial charge is 0.494 e. The summed E-state index contributed by atoms with van der Waals surface area (Å²) < 4.78 is 5.60. The van der Waals surface area contributed by atoms with Gasteiger partial charge in [0.2, 0.25) is 11.8 Å². The molecule has 40 heavy (non-hydrogen) atoms. The fourth-order valence-electron chi connectivity index (χ4n) is 5.09. The number of halogens is 1. The number of nitrogens with zero attached hydrogens (tertiary/aromatic N) is 3. The van der Waals surface area contributed by atoms with Crippen molar-refractivity contribution in [2.45, 2.75) is 45.1 Å². The third-order valence-corrected chi connectivity index (χ3v) is 7.89. The molecule has 1 atom stereocenters. The van der Waals surface area contributed by atoms with E-state index >= 15 is 0 Å². The predicted octanol–water partition coefficient (Wildman–Crippen LogP) is 4.05. The minimum Gasteiger partial charge on any atom is -0.494 e. The van der Waals surface area contributed by atoms with E-state index < -0.39 is 6.04 Å². The Morgan fingerprint density at radius 2 is 1.85 bits per heavy atom. The van der Waals surface area contributed by atoms with Crippen molar-refractivity contribution in [1.29, 1.82) is 0 Å². The van der Waals surface area contributed by atoms with Crippen LogP contribution in [0.25, 0.3) is 0 Å². The van der Waals surface area contributed by atoms with E-state index in [-0.39, 0.29) is 30.1 Å². The summed E-state index contributed by atoms with van der Waals surface area (Å²) in [7, 11) is 0. The SMILES string of the molecule is CCCOc1ccc(NC(=O)C[C@@H]2C(=O)N(c3cccc(Cl)c3)C(=S)N2CCCN2CCC(C(N)=O)CC2)cc1. The second-order valence-corrected chi connectivity index (χ2v) is 10.9. The van der Waals surface area contributed by atoms with Crippen LogP contribution in [0.1, 0.15) is 39.0 Å². The highest BCUT2D eigenvalue weighted by atomic mass is 35.5. The highest BCUT2D eigenvalue weighted by Gasteiger charge is 2.44. The van der Waals surface area contributed by atoms with Crippen molar-refractivity contribution < 1.29 is 19.1 Å². The number of primary amides is 1. The van der Waals surface area contributed by atoms with Gasteiger partial charge in [0.05, 0.1) is 18.7 Å². The van der Waals surface area contributed by atoms with E-state index in [1.54, 1.807) is 48.5 Å². The van der Waals surface area contributed by atoms with Gasteiger partial charge in [0.15, 0.2) is 5.11 Å². The molecule has 11 heteroatoms. The highest BCUT2D eigenvalue weighted by molar-refractivity contribution is 7.80. The van der Waals surface area contributed by atoms with Crippen LogP contribution in [0.4, 0.5) is 11.4 Å². The van der Waals surface area contributed by atoms with Crippen LogP contribution < -0.4 is 20.7 Å². The van der Waals surface area contributed by atoms with E-state index in [1.165, 1.54) is 4.90 Å². The number of rotatable bonds is 12. The molecule has 2 heterocycles. The summed E-state index contributed by atoms with van der Waals surface area (Å²) in [4.78, 5) is 43.8. The minimum absolute atomic E-state index is 0.0475. The topological polar surface area (TPSA) is 108 Å². The molecule has 3 N–H and O–H groups in total. The molecule has 214 valence electrons. The predicted molar refractivity (Wildman–Crippen MR) is 160 cm³/mol. The van der Waals surface area contributed by atoms with Crippen LogP contribution >= 0.6 is 23.8 Å². The Balaban J connectivity index is 1.42. The lowest BCUT2D eigenvalue weighted by Gasteiger charge is -2.31.